The number of nitrogens with zero attached hydrogens (tertiary/aromatic N) is 4. The second-order valence-corrected chi connectivity index (χ2v) is 4.33. The summed E-state index contributed by atoms with van der Waals surface area (Å²) in [7, 11) is 1.78. The molecule has 0 fully saturated rings. The number of nitrogens with two attached hydrogens (primary N) is 1. The van der Waals surface area contributed by atoms with Crippen molar-refractivity contribution in [3.63, 3.8) is 0 Å². The van der Waals surface area contributed by atoms with Crippen molar-refractivity contribution in [3.05, 3.63) is 17.5 Å². The van der Waals surface area contributed by atoms with Gasteiger partial charge in [-0.3, -0.25) is 9.48 Å². The Balaban J connectivity index is 2.98. The maximum Gasteiger partial charge on any atom is 0.257 e. The van der Waals surface area contributed by atoms with Crippen LogP contribution >= 0.6 is 0 Å². The first-order chi connectivity index (χ1) is 9.03. The Morgan fingerprint density at radius 3 is 2.79 bits per heavy atom. The van der Waals surface area contributed by atoms with Crippen LogP contribution in [0, 0.1) is 0 Å². The van der Waals surface area contributed by atoms with Gasteiger partial charge in [0.05, 0.1) is 17.8 Å². The van der Waals surface area contributed by atoms with Crippen LogP contribution in [0.2, 0.25) is 0 Å². The Labute approximate surface area is 112 Å². The van der Waals surface area contributed by atoms with Crippen LogP contribution in [0.4, 0.5) is 0 Å². The van der Waals surface area contributed by atoms with Gasteiger partial charge in [0.25, 0.3) is 5.91 Å². The normalized spacial score (nSPS) is 11.6. The third-order valence-corrected chi connectivity index (χ3v) is 2.73. The maximum atomic E-state index is 12.5. The van der Waals surface area contributed by atoms with Crippen molar-refractivity contribution in [2.75, 3.05) is 13.1 Å². The van der Waals surface area contributed by atoms with Crippen molar-refractivity contribution >= 4 is 11.7 Å². The van der Waals surface area contributed by atoms with Gasteiger partial charge >= 0.3 is 0 Å². The van der Waals surface area contributed by atoms with E-state index in [4.69, 9.17) is 10.9 Å². The average molecular weight is 267 g/mol. The number of carbonyl (C=O) groups excluding carboxylic acids is 1. The molecule has 0 unspecified atom stereocenters. The Hall–Kier alpha value is -2.05. The second-order valence-electron chi connectivity index (χ2n) is 4.33. The summed E-state index contributed by atoms with van der Waals surface area (Å²) in [5.74, 6) is -0.123. The Morgan fingerprint density at radius 1 is 1.58 bits per heavy atom. The molecule has 0 aliphatic heterocycles. The fourth-order valence-corrected chi connectivity index (χ4v) is 1.89. The first-order valence-corrected chi connectivity index (χ1v) is 6.31. The van der Waals surface area contributed by atoms with E-state index >= 15 is 0 Å². The van der Waals surface area contributed by atoms with Crippen molar-refractivity contribution in [2.24, 2.45) is 17.9 Å². The van der Waals surface area contributed by atoms with Gasteiger partial charge < -0.3 is 15.8 Å². The smallest absolute Gasteiger partial charge is 0.257 e. The van der Waals surface area contributed by atoms with Crippen LogP contribution in [0.3, 0.4) is 0 Å². The molecule has 0 radical (unpaired) electrons. The molecule has 106 valence electrons. The van der Waals surface area contributed by atoms with Crippen molar-refractivity contribution in [3.8, 4) is 0 Å². The summed E-state index contributed by atoms with van der Waals surface area (Å²) in [6.45, 7) is 4.58. The highest BCUT2D eigenvalue weighted by atomic mass is 16.4. The lowest BCUT2D eigenvalue weighted by atomic mass is 10.2. The van der Waals surface area contributed by atoms with Crippen LogP contribution in [0.15, 0.2) is 11.4 Å². The Kier molecular flexibility index (Phi) is 5.35. The molecule has 7 heteroatoms. The number of carbonyl (C=O) groups is 1. The summed E-state index contributed by atoms with van der Waals surface area (Å²) in [6, 6.07) is 0. The van der Waals surface area contributed by atoms with Crippen LogP contribution < -0.4 is 5.73 Å². The quantitative estimate of drug-likeness (QED) is 0.341. The SMILES string of the molecule is CCCN(CC(N)=NO)C(=O)c1cn(C)nc1CC. The monoisotopic (exact) mass is 267 g/mol. The lowest BCUT2D eigenvalue weighted by Gasteiger charge is -2.21. The molecule has 1 amide bonds. The van der Waals surface area contributed by atoms with Gasteiger partial charge in [0, 0.05) is 19.8 Å². The largest absolute Gasteiger partial charge is 0.409 e. The van der Waals surface area contributed by atoms with E-state index in [2.05, 4.69) is 10.3 Å². The zero-order valence-electron chi connectivity index (χ0n) is 11.6. The molecule has 0 saturated heterocycles. The summed E-state index contributed by atoms with van der Waals surface area (Å²) >= 11 is 0. The molecule has 0 aliphatic carbocycles. The highest BCUT2D eigenvalue weighted by Gasteiger charge is 2.21. The zero-order valence-corrected chi connectivity index (χ0v) is 11.6. The predicted octanol–water partition coefficient (Wildman–Crippen LogP) is 0.581. The topological polar surface area (TPSA) is 96.7 Å². The van der Waals surface area contributed by atoms with Gasteiger partial charge in [0.1, 0.15) is 0 Å². The molecule has 0 saturated carbocycles. The highest BCUT2D eigenvalue weighted by molar-refractivity contribution is 5.97. The second kappa shape index (κ2) is 6.77. The molecule has 1 rings (SSSR count). The number of aromatic nitrogens is 2. The predicted molar refractivity (Wildman–Crippen MR) is 72.2 cm³/mol. The van der Waals surface area contributed by atoms with E-state index in [9.17, 15) is 4.79 Å². The van der Waals surface area contributed by atoms with Crippen LogP contribution in [0.1, 0.15) is 36.3 Å². The number of amides is 1. The van der Waals surface area contributed by atoms with E-state index in [1.54, 1.807) is 22.8 Å². The number of hydrogen-bond acceptors (Lipinski definition) is 4. The van der Waals surface area contributed by atoms with E-state index in [0.29, 0.717) is 18.5 Å². The molecule has 19 heavy (non-hydrogen) atoms. The lowest BCUT2D eigenvalue weighted by Crippen LogP contribution is -2.39. The van der Waals surface area contributed by atoms with Gasteiger partial charge in [-0.25, -0.2) is 0 Å². The standard InChI is InChI=1S/C12H21N5O2/c1-4-6-17(8-11(13)15-19)12(18)9-7-16(3)14-10(9)5-2/h7,19H,4-6,8H2,1-3H3,(H2,13,15). The zero-order chi connectivity index (χ0) is 14.4. The van der Waals surface area contributed by atoms with Crippen LogP contribution in [-0.2, 0) is 13.5 Å². The number of oxime groups is 1. The molecule has 0 bridgehead atoms. The van der Waals surface area contributed by atoms with Gasteiger partial charge in [-0.15, -0.1) is 0 Å². The first kappa shape index (κ1) is 15.0. The minimum atomic E-state index is -0.140. The third kappa shape index (κ3) is 3.70. The van der Waals surface area contributed by atoms with Crippen molar-refractivity contribution in [1.82, 2.24) is 14.7 Å². The van der Waals surface area contributed by atoms with E-state index in [1.165, 1.54) is 0 Å². The summed E-state index contributed by atoms with van der Waals surface area (Å²) in [5.41, 5.74) is 6.81. The van der Waals surface area contributed by atoms with Gasteiger partial charge in [-0.05, 0) is 12.8 Å². The molecule has 0 aromatic carbocycles. The van der Waals surface area contributed by atoms with Crippen LogP contribution in [0.5, 0.6) is 0 Å². The molecule has 0 atom stereocenters. The Morgan fingerprint density at radius 2 is 2.26 bits per heavy atom. The molecule has 0 spiro atoms. The lowest BCUT2D eigenvalue weighted by molar-refractivity contribution is 0.0777. The van der Waals surface area contributed by atoms with Crippen molar-refractivity contribution < 1.29 is 10.0 Å². The summed E-state index contributed by atoms with van der Waals surface area (Å²) in [4.78, 5) is 14.0. The fourth-order valence-electron chi connectivity index (χ4n) is 1.89. The number of amidine groups is 1. The molecule has 0 aliphatic rings. The molecule has 3 N–H and O–H groups in total. The summed E-state index contributed by atoms with van der Waals surface area (Å²) in [5, 5.41) is 15.8. The number of hydrogen-bond donors (Lipinski definition) is 2. The van der Waals surface area contributed by atoms with E-state index in [-0.39, 0.29) is 18.3 Å². The molecule has 7 nitrogen and oxygen atoms in total. The summed E-state index contributed by atoms with van der Waals surface area (Å²) < 4.78 is 1.62. The minimum absolute atomic E-state index is 0.0174. The van der Waals surface area contributed by atoms with E-state index in [0.717, 1.165) is 12.1 Å². The third-order valence-electron chi connectivity index (χ3n) is 2.73. The maximum absolute atomic E-state index is 12.5. The van der Waals surface area contributed by atoms with Gasteiger partial charge in [0.2, 0.25) is 0 Å². The van der Waals surface area contributed by atoms with Crippen molar-refractivity contribution in [1.29, 1.82) is 0 Å². The average Bonchev–Trinajstić information content (AvgIpc) is 2.78. The molecule has 1 aromatic heterocycles. The fraction of sp³-hybridized carbons (Fsp3) is 0.583. The number of rotatable bonds is 6. The minimum Gasteiger partial charge on any atom is -0.409 e. The van der Waals surface area contributed by atoms with Gasteiger partial charge in [0.15, 0.2) is 5.84 Å². The summed E-state index contributed by atoms with van der Waals surface area (Å²) in [6.07, 6.45) is 3.19. The van der Waals surface area contributed by atoms with Gasteiger partial charge in [-0.1, -0.05) is 19.0 Å². The van der Waals surface area contributed by atoms with Gasteiger partial charge in [-0.2, -0.15) is 5.10 Å². The molecule has 1 aromatic rings. The molecular formula is C12H21N5O2. The van der Waals surface area contributed by atoms with Crippen molar-refractivity contribution in [2.45, 2.75) is 26.7 Å². The molecular weight excluding hydrogens is 246 g/mol. The highest BCUT2D eigenvalue weighted by Crippen LogP contribution is 2.11. The van der Waals surface area contributed by atoms with Crippen LogP contribution in [-0.4, -0.2) is 44.7 Å². The first-order valence-electron chi connectivity index (χ1n) is 6.31. The van der Waals surface area contributed by atoms with E-state index in [1.807, 2.05) is 13.8 Å². The number of aryl methyl sites for hydroxylation is 2. The molecule has 1 heterocycles. The Bertz CT molecular complexity index is 467. The van der Waals surface area contributed by atoms with Crippen LogP contribution in [0.25, 0.3) is 0 Å². The van der Waals surface area contributed by atoms with E-state index < -0.39 is 0 Å².